The molecule has 0 unspecified atom stereocenters. The van der Waals surface area contributed by atoms with Gasteiger partial charge in [-0.15, -0.1) is 0 Å². The number of hydrogen-bond donors (Lipinski definition) is 2. The molecule has 3 rings (SSSR count). The van der Waals surface area contributed by atoms with Gasteiger partial charge in [0.2, 0.25) is 0 Å². The standard InChI is InChI=1S/C20H26N2O3/c1-13-4-7-17-15(8-13)16(9-18(21-17)14-5-6-14)19(25)22(3)10-20(2,11-23)12-24/h4,7-9,14,23-24H,5-6,10-12H2,1-3H3. The highest BCUT2D eigenvalue weighted by molar-refractivity contribution is 6.06. The lowest BCUT2D eigenvalue weighted by Gasteiger charge is -2.30. The monoisotopic (exact) mass is 342 g/mol. The molecule has 0 bridgehead atoms. The highest BCUT2D eigenvalue weighted by Gasteiger charge is 2.30. The first kappa shape index (κ1) is 17.8. The molecule has 134 valence electrons. The summed E-state index contributed by atoms with van der Waals surface area (Å²) in [6.45, 7) is 3.70. The molecule has 1 amide bonds. The van der Waals surface area contributed by atoms with Gasteiger partial charge in [0.05, 0.1) is 24.3 Å². The summed E-state index contributed by atoms with van der Waals surface area (Å²) < 4.78 is 0. The summed E-state index contributed by atoms with van der Waals surface area (Å²) in [5, 5.41) is 19.9. The van der Waals surface area contributed by atoms with Crippen molar-refractivity contribution in [3.63, 3.8) is 0 Å². The molecule has 0 atom stereocenters. The number of benzene rings is 1. The summed E-state index contributed by atoms with van der Waals surface area (Å²) >= 11 is 0. The van der Waals surface area contributed by atoms with Gasteiger partial charge in [-0.25, -0.2) is 0 Å². The molecule has 2 aromatic rings. The molecule has 0 radical (unpaired) electrons. The van der Waals surface area contributed by atoms with Crippen LogP contribution in [0.15, 0.2) is 24.3 Å². The van der Waals surface area contributed by atoms with Crippen LogP contribution in [0.3, 0.4) is 0 Å². The van der Waals surface area contributed by atoms with Crippen LogP contribution in [0, 0.1) is 12.3 Å². The summed E-state index contributed by atoms with van der Waals surface area (Å²) in [6.07, 6.45) is 2.25. The van der Waals surface area contributed by atoms with Gasteiger partial charge in [0.15, 0.2) is 0 Å². The van der Waals surface area contributed by atoms with E-state index >= 15 is 0 Å². The number of pyridine rings is 1. The maximum Gasteiger partial charge on any atom is 0.254 e. The van der Waals surface area contributed by atoms with Crippen LogP contribution in [0.2, 0.25) is 0 Å². The van der Waals surface area contributed by atoms with Crippen LogP contribution in [0.1, 0.15) is 47.3 Å². The Morgan fingerprint density at radius 2 is 1.96 bits per heavy atom. The molecule has 0 spiro atoms. The van der Waals surface area contributed by atoms with Crippen molar-refractivity contribution in [2.24, 2.45) is 5.41 Å². The van der Waals surface area contributed by atoms with Crippen molar-refractivity contribution in [2.45, 2.75) is 32.6 Å². The summed E-state index contributed by atoms with van der Waals surface area (Å²) in [5.74, 6) is 0.357. The number of amides is 1. The number of fused-ring (bicyclic) bond motifs is 1. The molecular formula is C20H26N2O3. The molecule has 1 fully saturated rings. The molecule has 1 aliphatic carbocycles. The van der Waals surface area contributed by atoms with Gasteiger partial charge >= 0.3 is 0 Å². The third-order valence-electron chi connectivity index (χ3n) is 4.94. The second-order valence-electron chi connectivity index (χ2n) is 7.68. The van der Waals surface area contributed by atoms with Crippen molar-refractivity contribution >= 4 is 16.8 Å². The fraction of sp³-hybridized carbons (Fsp3) is 0.500. The van der Waals surface area contributed by atoms with E-state index in [1.54, 1.807) is 18.9 Å². The zero-order valence-electron chi connectivity index (χ0n) is 15.1. The third-order valence-corrected chi connectivity index (χ3v) is 4.94. The van der Waals surface area contributed by atoms with Gasteiger partial charge in [0.25, 0.3) is 5.91 Å². The first-order chi connectivity index (χ1) is 11.9. The summed E-state index contributed by atoms with van der Waals surface area (Å²) in [6, 6.07) is 7.91. The number of carbonyl (C=O) groups excluding carboxylic acids is 1. The minimum atomic E-state index is -0.720. The van der Waals surface area contributed by atoms with Crippen LogP contribution < -0.4 is 0 Å². The van der Waals surface area contributed by atoms with Gasteiger partial charge in [0, 0.05) is 36.0 Å². The quantitative estimate of drug-likeness (QED) is 0.846. The maximum atomic E-state index is 13.1. The average molecular weight is 342 g/mol. The van der Waals surface area contributed by atoms with E-state index in [2.05, 4.69) is 0 Å². The predicted octanol–water partition coefficient (Wildman–Crippen LogP) is 2.48. The molecule has 25 heavy (non-hydrogen) atoms. The smallest absolute Gasteiger partial charge is 0.254 e. The molecule has 5 nitrogen and oxygen atoms in total. The first-order valence-corrected chi connectivity index (χ1v) is 8.75. The van der Waals surface area contributed by atoms with Gasteiger partial charge in [-0.3, -0.25) is 9.78 Å². The second-order valence-corrected chi connectivity index (χ2v) is 7.68. The van der Waals surface area contributed by atoms with E-state index in [9.17, 15) is 15.0 Å². The number of aryl methyl sites for hydroxylation is 1. The number of aliphatic hydroxyl groups is 2. The Kier molecular flexibility index (Phi) is 4.80. The van der Waals surface area contributed by atoms with Crippen molar-refractivity contribution in [1.29, 1.82) is 0 Å². The summed E-state index contributed by atoms with van der Waals surface area (Å²) in [5.41, 5.74) is 2.85. The average Bonchev–Trinajstić information content (AvgIpc) is 3.45. The molecule has 1 saturated carbocycles. The van der Waals surface area contributed by atoms with E-state index in [1.165, 1.54) is 0 Å². The van der Waals surface area contributed by atoms with Gasteiger partial charge in [-0.1, -0.05) is 18.6 Å². The second kappa shape index (κ2) is 6.73. The van der Waals surface area contributed by atoms with E-state index in [4.69, 9.17) is 4.98 Å². The first-order valence-electron chi connectivity index (χ1n) is 8.75. The lowest BCUT2D eigenvalue weighted by atomic mass is 9.92. The molecule has 1 aromatic heterocycles. The molecule has 0 aliphatic heterocycles. The van der Waals surface area contributed by atoms with Crippen LogP contribution >= 0.6 is 0 Å². The number of aromatic nitrogens is 1. The lowest BCUT2D eigenvalue weighted by Crippen LogP contribution is -2.41. The third kappa shape index (κ3) is 3.67. The lowest BCUT2D eigenvalue weighted by molar-refractivity contribution is 0.0367. The molecule has 2 N–H and O–H groups in total. The minimum Gasteiger partial charge on any atom is -0.396 e. The van der Waals surface area contributed by atoms with Crippen molar-refractivity contribution in [1.82, 2.24) is 9.88 Å². The zero-order valence-corrected chi connectivity index (χ0v) is 15.1. The fourth-order valence-electron chi connectivity index (χ4n) is 3.13. The van der Waals surface area contributed by atoms with Crippen LogP contribution in [0.5, 0.6) is 0 Å². The van der Waals surface area contributed by atoms with Crippen molar-refractivity contribution in [3.05, 3.63) is 41.1 Å². The van der Waals surface area contributed by atoms with Gasteiger partial charge in [-0.2, -0.15) is 0 Å². The molecule has 0 saturated heterocycles. The van der Waals surface area contributed by atoms with E-state index in [0.29, 0.717) is 11.5 Å². The van der Waals surface area contributed by atoms with E-state index in [1.807, 2.05) is 31.2 Å². The van der Waals surface area contributed by atoms with Crippen LogP contribution in [0.25, 0.3) is 10.9 Å². The maximum absolute atomic E-state index is 13.1. The molecule has 5 heteroatoms. The van der Waals surface area contributed by atoms with E-state index < -0.39 is 5.41 Å². The van der Waals surface area contributed by atoms with Crippen molar-refractivity contribution in [3.8, 4) is 0 Å². The normalized spacial score (nSPS) is 14.8. The molecule has 1 heterocycles. The van der Waals surface area contributed by atoms with Crippen LogP contribution in [0.4, 0.5) is 0 Å². The zero-order chi connectivity index (χ0) is 18.2. The highest BCUT2D eigenvalue weighted by Crippen LogP contribution is 2.40. The summed E-state index contributed by atoms with van der Waals surface area (Å²) in [4.78, 5) is 19.4. The van der Waals surface area contributed by atoms with Gasteiger partial charge < -0.3 is 15.1 Å². The topological polar surface area (TPSA) is 73.7 Å². The number of carbonyl (C=O) groups is 1. The SMILES string of the molecule is Cc1ccc2nc(C3CC3)cc(C(=O)N(C)CC(C)(CO)CO)c2c1. The van der Waals surface area contributed by atoms with Gasteiger partial charge in [0.1, 0.15) is 0 Å². The number of aliphatic hydroxyl groups excluding tert-OH is 2. The van der Waals surface area contributed by atoms with Crippen LogP contribution in [-0.2, 0) is 0 Å². The molecule has 1 aromatic carbocycles. The predicted molar refractivity (Wildman–Crippen MR) is 97.7 cm³/mol. The fourth-order valence-corrected chi connectivity index (χ4v) is 3.13. The largest absolute Gasteiger partial charge is 0.396 e. The van der Waals surface area contributed by atoms with Crippen LogP contribution in [-0.4, -0.2) is 52.8 Å². The Morgan fingerprint density at radius 3 is 2.56 bits per heavy atom. The van der Waals surface area contributed by atoms with Crippen molar-refractivity contribution < 1.29 is 15.0 Å². The summed E-state index contributed by atoms with van der Waals surface area (Å²) in [7, 11) is 1.71. The Balaban J connectivity index is 2.00. The number of rotatable bonds is 6. The Morgan fingerprint density at radius 1 is 1.28 bits per heavy atom. The van der Waals surface area contributed by atoms with Gasteiger partial charge in [-0.05, 0) is 38.0 Å². The Labute approximate surface area is 148 Å². The molecular weight excluding hydrogens is 316 g/mol. The van der Waals surface area contributed by atoms with Crippen molar-refractivity contribution in [2.75, 3.05) is 26.8 Å². The minimum absolute atomic E-state index is 0.104. The molecule has 1 aliphatic rings. The van der Waals surface area contributed by atoms with E-state index in [-0.39, 0.29) is 25.7 Å². The van der Waals surface area contributed by atoms with E-state index in [0.717, 1.165) is 35.0 Å². The highest BCUT2D eigenvalue weighted by atomic mass is 16.3. The number of hydrogen-bond acceptors (Lipinski definition) is 4. The Hall–Kier alpha value is -1.98. The number of nitrogens with zero attached hydrogens (tertiary/aromatic N) is 2. The Bertz CT molecular complexity index is 795.